The number of hydrogen-bond donors (Lipinski definition) is 0. The van der Waals surface area contributed by atoms with Crippen LogP contribution in [0, 0.1) is 12.5 Å². The minimum Gasteiger partial charge on any atom is -0.361 e. The molecule has 0 atom stereocenters. The first-order chi connectivity index (χ1) is 7.11. The molecule has 1 rings (SSSR count). The van der Waals surface area contributed by atoms with Gasteiger partial charge in [-0.3, -0.25) is 4.79 Å². The van der Waals surface area contributed by atoms with Gasteiger partial charge in [-0.1, -0.05) is 26.5 Å². The van der Waals surface area contributed by atoms with Crippen LogP contribution in [0.4, 0.5) is 5.82 Å². The Morgan fingerprint density at radius 1 is 1.53 bits per heavy atom. The zero-order valence-electron chi connectivity index (χ0n) is 9.03. The second-order valence-electron chi connectivity index (χ2n) is 3.91. The van der Waals surface area contributed by atoms with Crippen LogP contribution in [0.25, 0.3) is 4.85 Å². The smallest absolute Gasteiger partial charge is 0.269 e. The third kappa shape index (κ3) is 3.90. The fraction of sp³-hybridized carbons (Fsp3) is 0.417. The van der Waals surface area contributed by atoms with Gasteiger partial charge < -0.3 is 4.85 Å². The Bertz CT molecular complexity index is 391. The molecule has 0 radical (unpaired) electrons. The van der Waals surface area contributed by atoms with Gasteiger partial charge in [0.1, 0.15) is 11.5 Å². The zero-order valence-corrected chi connectivity index (χ0v) is 9.03. The highest BCUT2D eigenvalue weighted by atomic mass is 16.1. The molecule has 0 bridgehead atoms. The second kappa shape index (κ2) is 5.26. The van der Waals surface area contributed by atoms with Gasteiger partial charge in [-0.25, -0.2) is 0 Å². The summed E-state index contributed by atoms with van der Waals surface area (Å²) in [5, 5.41) is 0. The van der Waals surface area contributed by atoms with E-state index >= 15 is 0 Å². The van der Waals surface area contributed by atoms with E-state index in [1.54, 1.807) is 18.2 Å². The summed E-state index contributed by atoms with van der Waals surface area (Å²) in [6, 6.07) is 5.19. The lowest BCUT2D eigenvalue weighted by Gasteiger charge is -2.01. The first-order valence-corrected chi connectivity index (χ1v) is 4.97. The van der Waals surface area contributed by atoms with Crippen LogP contribution in [0.15, 0.2) is 18.2 Å². The summed E-state index contributed by atoms with van der Waals surface area (Å²) in [4.78, 5) is 18.8. The number of nitrogens with zero attached hydrogens (tertiary/aromatic N) is 2. The number of carbonyl (C=O) groups is 1. The predicted octanol–water partition coefficient (Wildman–Crippen LogP) is 2.79. The minimum absolute atomic E-state index is 0.180. The number of hydrogen-bond acceptors (Lipinski definition) is 2. The maximum absolute atomic E-state index is 11.5. The zero-order chi connectivity index (χ0) is 11.3. The lowest BCUT2D eigenvalue weighted by molar-refractivity contribution is -0.119. The maximum Gasteiger partial charge on any atom is 0.269 e. The van der Waals surface area contributed by atoms with E-state index in [0.717, 1.165) is 0 Å². The Hall–Kier alpha value is -1.69. The molecule has 0 saturated heterocycles. The monoisotopic (exact) mass is 202 g/mol. The van der Waals surface area contributed by atoms with Gasteiger partial charge in [0.05, 0.1) is 6.42 Å². The summed E-state index contributed by atoms with van der Waals surface area (Å²) in [6.07, 6.45) is 0.908. The molecule has 0 aliphatic heterocycles. The molecule has 1 heterocycles. The third-order valence-corrected chi connectivity index (χ3v) is 1.92. The molecule has 0 aliphatic carbocycles. The van der Waals surface area contributed by atoms with Crippen molar-refractivity contribution in [3.05, 3.63) is 35.3 Å². The van der Waals surface area contributed by atoms with Gasteiger partial charge in [0.2, 0.25) is 0 Å². The molecule has 0 saturated carbocycles. The van der Waals surface area contributed by atoms with Crippen molar-refractivity contribution in [3.8, 4) is 0 Å². The predicted molar refractivity (Wildman–Crippen MR) is 58.7 cm³/mol. The number of carbonyl (C=O) groups excluding carboxylic acids is 1. The molecule has 78 valence electrons. The van der Waals surface area contributed by atoms with Crippen molar-refractivity contribution in [1.82, 2.24) is 4.98 Å². The molecule has 15 heavy (non-hydrogen) atoms. The van der Waals surface area contributed by atoms with Crippen molar-refractivity contribution < 1.29 is 4.79 Å². The molecule has 0 unspecified atom stereocenters. The molecular formula is C12H14N2O. The summed E-state index contributed by atoms with van der Waals surface area (Å²) >= 11 is 0. The largest absolute Gasteiger partial charge is 0.361 e. The van der Waals surface area contributed by atoms with E-state index in [-0.39, 0.29) is 5.78 Å². The van der Waals surface area contributed by atoms with Crippen LogP contribution >= 0.6 is 0 Å². The Morgan fingerprint density at radius 2 is 2.27 bits per heavy atom. The second-order valence-corrected chi connectivity index (χ2v) is 3.91. The van der Waals surface area contributed by atoms with E-state index in [0.29, 0.717) is 30.3 Å². The van der Waals surface area contributed by atoms with E-state index in [4.69, 9.17) is 6.57 Å². The number of aromatic nitrogens is 1. The van der Waals surface area contributed by atoms with Crippen molar-refractivity contribution in [2.75, 3.05) is 0 Å². The van der Waals surface area contributed by atoms with Crippen LogP contribution in [0.1, 0.15) is 26.0 Å². The molecule has 0 spiro atoms. The topological polar surface area (TPSA) is 34.3 Å². The van der Waals surface area contributed by atoms with Crippen LogP contribution in [-0.2, 0) is 11.2 Å². The van der Waals surface area contributed by atoms with E-state index in [1.807, 2.05) is 13.8 Å². The number of Topliss-reactive ketones (excluding diaryl/α,β-unsaturated/α-hetero) is 1. The van der Waals surface area contributed by atoms with Gasteiger partial charge in [-0.2, -0.15) is 0 Å². The molecule has 0 aliphatic rings. The molecule has 0 N–H and O–H groups in total. The average molecular weight is 202 g/mol. The first kappa shape index (κ1) is 11.4. The van der Waals surface area contributed by atoms with Gasteiger partial charge in [-0.15, -0.1) is 4.98 Å². The molecule has 0 aromatic carbocycles. The maximum atomic E-state index is 11.5. The number of rotatable bonds is 4. The Balaban J connectivity index is 2.65. The van der Waals surface area contributed by atoms with Crippen LogP contribution in [0.3, 0.4) is 0 Å². The van der Waals surface area contributed by atoms with Gasteiger partial charge in [0.25, 0.3) is 5.82 Å². The quantitative estimate of drug-likeness (QED) is 0.703. The minimum atomic E-state index is 0.180. The van der Waals surface area contributed by atoms with E-state index < -0.39 is 0 Å². The van der Waals surface area contributed by atoms with Crippen molar-refractivity contribution in [1.29, 1.82) is 0 Å². The summed E-state index contributed by atoms with van der Waals surface area (Å²) in [5.41, 5.74) is 0.689. The van der Waals surface area contributed by atoms with Gasteiger partial charge in [0.15, 0.2) is 0 Å². The SMILES string of the molecule is [C-]#[N+]c1cccc(CC(=O)CC(C)C)n1. The molecule has 1 aromatic rings. The van der Waals surface area contributed by atoms with Crippen molar-refractivity contribution in [3.63, 3.8) is 0 Å². The molecule has 3 heteroatoms. The average Bonchev–Trinajstić information content (AvgIpc) is 2.16. The summed E-state index contributed by atoms with van der Waals surface area (Å²) < 4.78 is 0. The lowest BCUT2D eigenvalue weighted by atomic mass is 10.0. The Kier molecular flexibility index (Phi) is 3.99. The summed E-state index contributed by atoms with van der Waals surface area (Å²) in [7, 11) is 0. The summed E-state index contributed by atoms with van der Waals surface area (Å²) in [5.74, 6) is 0.908. The molecular weight excluding hydrogens is 188 g/mol. The Morgan fingerprint density at radius 3 is 2.87 bits per heavy atom. The van der Waals surface area contributed by atoms with Crippen molar-refractivity contribution >= 4 is 11.6 Å². The normalized spacial score (nSPS) is 10.0. The van der Waals surface area contributed by atoms with Crippen LogP contribution < -0.4 is 0 Å². The van der Waals surface area contributed by atoms with Gasteiger partial charge >= 0.3 is 0 Å². The molecule has 3 nitrogen and oxygen atoms in total. The highest BCUT2D eigenvalue weighted by Crippen LogP contribution is 2.10. The number of pyridine rings is 1. The van der Waals surface area contributed by atoms with Crippen LogP contribution in [0.2, 0.25) is 0 Å². The fourth-order valence-electron chi connectivity index (χ4n) is 1.36. The van der Waals surface area contributed by atoms with Crippen molar-refractivity contribution in [2.24, 2.45) is 5.92 Å². The van der Waals surface area contributed by atoms with Gasteiger partial charge in [-0.05, 0) is 18.1 Å². The van der Waals surface area contributed by atoms with Crippen LogP contribution in [0.5, 0.6) is 0 Å². The highest BCUT2D eigenvalue weighted by molar-refractivity contribution is 5.80. The van der Waals surface area contributed by atoms with E-state index in [1.165, 1.54) is 0 Å². The Labute approximate surface area is 90.0 Å². The molecule has 0 amide bonds. The number of ketones is 1. The summed E-state index contributed by atoms with van der Waals surface area (Å²) in [6.45, 7) is 10.8. The van der Waals surface area contributed by atoms with E-state index in [2.05, 4.69) is 9.83 Å². The lowest BCUT2D eigenvalue weighted by Crippen LogP contribution is -2.07. The highest BCUT2D eigenvalue weighted by Gasteiger charge is 2.09. The van der Waals surface area contributed by atoms with Crippen LogP contribution in [-0.4, -0.2) is 10.8 Å². The first-order valence-electron chi connectivity index (χ1n) is 4.97. The third-order valence-electron chi connectivity index (χ3n) is 1.92. The van der Waals surface area contributed by atoms with E-state index in [9.17, 15) is 4.79 Å². The standard InChI is InChI=1S/C12H14N2O/c1-9(2)7-11(15)8-10-5-4-6-12(13-3)14-10/h4-6,9H,7-8H2,1-2H3. The van der Waals surface area contributed by atoms with Gasteiger partial charge in [0, 0.05) is 6.42 Å². The van der Waals surface area contributed by atoms with Crippen molar-refractivity contribution in [2.45, 2.75) is 26.7 Å². The fourth-order valence-corrected chi connectivity index (χ4v) is 1.36. The molecule has 0 fully saturated rings. The molecule has 1 aromatic heterocycles.